The van der Waals surface area contributed by atoms with Crippen LogP contribution in [-0.4, -0.2) is 28.0 Å². The Hall–Kier alpha value is -3.01. The van der Waals surface area contributed by atoms with E-state index >= 15 is 0 Å². The Balaban J connectivity index is 1.97. The van der Waals surface area contributed by atoms with E-state index in [2.05, 4.69) is 36.8 Å². The summed E-state index contributed by atoms with van der Waals surface area (Å²) in [7, 11) is 1.31. The van der Waals surface area contributed by atoms with Crippen LogP contribution < -0.4 is 4.90 Å². The number of fused-ring (bicyclic) bond motifs is 1. The van der Waals surface area contributed by atoms with Gasteiger partial charge < -0.3 is 9.64 Å². The van der Waals surface area contributed by atoms with Gasteiger partial charge in [-0.3, -0.25) is 0 Å². The van der Waals surface area contributed by atoms with Crippen LogP contribution in [-0.2, 0) is 23.2 Å². The van der Waals surface area contributed by atoms with Gasteiger partial charge in [0, 0.05) is 23.7 Å². The van der Waals surface area contributed by atoms with E-state index in [4.69, 9.17) is 9.72 Å². The zero-order valence-electron chi connectivity index (χ0n) is 15.6. The minimum absolute atomic E-state index is 0.128. The van der Waals surface area contributed by atoms with Crippen LogP contribution in [0.25, 0.3) is 0 Å². The van der Waals surface area contributed by atoms with Gasteiger partial charge in [0.1, 0.15) is 17.7 Å². The normalized spacial score (nSPS) is 13.3. The number of pyridine rings is 1. The lowest BCUT2D eigenvalue weighted by Crippen LogP contribution is -2.20. The van der Waals surface area contributed by atoms with Crippen LogP contribution in [0.3, 0.4) is 0 Å². The Kier molecular flexibility index (Phi) is 4.36. The first-order chi connectivity index (χ1) is 12.2. The molecule has 0 atom stereocenters. The number of anilines is 1. The summed E-state index contributed by atoms with van der Waals surface area (Å²) >= 11 is 0. The number of hydrogen-bond donors (Lipinski definition) is 0. The number of carbonyl (C=O) groups excluding carboxylic acids is 1. The molecule has 0 amide bonds. The van der Waals surface area contributed by atoms with Crippen molar-refractivity contribution >= 4 is 11.8 Å². The summed E-state index contributed by atoms with van der Waals surface area (Å²) < 4.78 is 4.76. The first-order valence-electron chi connectivity index (χ1n) is 8.35. The molecule has 2 aromatic rings. The second-order valence-electron chi connectivity index (χ2n) is 7.37. The van der Waals surface area contributed by atoms with Gasteiger partial charge in [0.05, 0.1) is 36.2 Å². The number of methoxy groups -OCH3 is 1. The molecule has 0 N–H and O–H groups in total. The molecule has 0 unspecified atom stereocenters. The van der Waals surface area contributed by atoms with Gasteiger partial charge in [0.2, 0.25) is 0 Å². The molecular formula is C19H21N5O2. The zero-order valence-corrected chi connectivity index (χ0v) is 15.6. The molecule has 7 heteroatoms. The van der Waals surface area contributed by atoms with E-state index in [9.17, 15) is 10.1 Å². The van der Waals surface area contributed by atoms with Gasteiger partial charge in [-0.2, -0.15) is 5.26 Å². The van der Waals surface area contributed by atoms with Crippen LogP contribution in [0.5, 0.6) is 0 Å². The largest absolute Gasteiger partial charge is 0.465 e. The molecule has 0 saturated carbocycles. The van der Waals surface area contributed by atoms with Crippen molar-refractivity contribution < 1.29 is 9.53 Å². The van der Waals surface area contributed by atoms with Crippen molar-refractivity contribution in [2.24, 2.45) is 0 Å². The highest BCUT2D eigenvalue weighted by molar-refractivity contribution is 5.91. The number of ether oxygens (including phenoxy) is 1. The molecule has 1 aliphatic heterocycles. The standard InChI is InChI=1S/C19H21N5O2/c1-11-14(17(25)26-5)6-12(7-20)16(22-11)24-9-13-8-21-18(19(2,3)4)23-15(13)10-24/h6,8H,9-10H2,1-5H3. The molecule has 0 radical (unpaired) electrons. The van der Waals surface area contributed by atoms with Crippen molar-refractivity contribution in [2.75, 3.05) is 12.0 Å². The van der Waals surface area contributed by atoms with Gasteiger partial charge in [-0.25, -0.2) is 19.7 Å². The molecule has 134 valence electrons. The molecule has 0 fully saturated rings. The lowest BCUT2D eigenvalue weighted by Gasteiger charge is -2.19. The third kappa shape index (κ3) is 3.10. The second kappa shape index (κ2) is 6.37. The number of hydrogen-bond acceptors (Lipinski definition) is 7. The predicted molar refractivity (Wildman–Crippen MR) is 95.6 cm³/mol. The maximum Gasteiger partial charge on any atom is 0.339 e. The number of nitrogens with zero attached hydrogens (tertiary/aromatic N) is 5. The number of rotatable bonds is 2. The van der Waals surface area contributed by atoms with E-state index in [1.54, 1.807) is 13.0 Å². The number of aromatic nitrogens is 3. The molecule has 0 spiro atoms. The van der Waals surface area contributed by atoms with E-state index in [-0.39, 0.29) is 5.41 Å². The average molecular weight is 351 g/mol. The van der Waals surface area contributed by atoms with Gasteiger partial charge in [0.25, 0.3) is 0 Å². The summed E-state index contributed by atoms with van der Waals surface area (Å²) in [5.41, 5.74) is 3.02. The zero-order chi connectivity index (χ0) is 19.1. The van der Waals surface area contributed by atoms with E-state index < -0.39 is 5.97 Å². The van der Waals surface area contributed by atoms with E-state index in [1.807, 2.05) is 11.1 Å². The summed E-state index contributed by atoms with van der Waals surface area (Å²) in [6.07, 6.45) is 1.85. The van der Waals surface area contributed by atoms with Crippen LogP contribution >= 0.6 is 0 Å². The molecule has 0 aromatic carbocycles. The monoisotopic (exact) mass is 351 g/mol. The van der Waals surface area contributed by atoms with Crippen LogP contribution in [0.2, 0.25) is 0 Å². The first-order valence-corrected chi connectivity index (χ1v) is 8.35. The fourth-order valence-electron chi connectivity index (χ4n) is 2.90. The molecule has 7 nitrogen and oxygen atoms in total. The van der Waals surface area contributed by atoms with Gasteiger partial charge in [-0.1, -0.05) is 20.8 Å². The highest BCUT2D eigenvalue weighted by atomic mass is 16.5. The Labute approximate surface area is 152 Å². The Morgan fingerprint density at radius 2 is 2.04 bits per heavy atom. The van der Waals surface area contributed by atoms with Crippen LogP contribution in [0.1, 0.15) is 59.5 Å². The topological polar surface area (TPSA) is 92.0 Å². The van der Waals surface area contributed by atoms with Crippen molar-refractivity contribution in [1.29, 1.82) is 5.26 Å². The average Bonchev–Trinajstić information content (AvgIpc) is 3.03. The minimum Gasteiger partial charge on any atom is -0.465 e. The molecule has 3 rings (SSSR count). The van der Waals surface area contributed by atoms with Gasteiger partial charge in [-0.15, -0.1) is 0 Å². The molecule has 2 aromatic heterocycles. The van der Waals surface area contributed by atoms with Crippen LogP contribution in [0.4, 0.5) is 5.82 Å². The SMILES string of the molecule is COC(=O)c1cc(C#N)c(N2Cc3cnc(C(C)(C)C)nc3C2)nc1C. The molecule has 0 aliphatic carbocycles. The maximum atomic E-state index is 11.8. The van der Waals surface area contributed by atoms with Crippen LogP contribution in [0.15, 0.2) is 12.3 Å². The third-order valence-corrected chi connectivity index (χ3v) is 4.35. The summed E-state index contributed by atoms with van der Waals surface area (Å²) in [5.74, 6) is 0.847. The number of esters is 1. The molecular weight excluding hydrogens is 330 g/mol. The van der Waals surface area contributed by atoms with Crippen LogP contribution in [0, 0.1) is 18.3 Å². The van der Waals surface area contributed by atoms with E-state index in [0.29, 0.717) is 35.7 Å². The molecule has 0 bridgehead atoms. The number of aryl methyl sites for hydroxylation is 1. The van der Waals surface area contributed by atoms with Crippen molar-refractivity contribution in [1.82, 2.24) is 15.0 Å². The molecule has 1 aliphatic rings. The van der Waals surface area contributed by atoms with E-state index in [1.165, 1.54) is 7.11 Å². The lowest BCUT2D eigenvalue weighted by molar-refractivity contribution is 0.0599. The Morgan fingerprint density at radius 1 is 1.31 bits per heavy atom. The summed E-state index contributed by atoms with van der Waals surface area (Å²) in [4.78, 5) is 27.5. The van der Waals surface area contributed by atoms with E-state index in [0.717, 1.165) is 17.1 Å². The fourth-order valence-corrected chi connectivity index (χ4v) is 2.90. The quantitative estimate of drug-likeness (QED) is 0.768. The maximum absolute atomic E-state index is 11.8. The highest BCUT2D eigenvalue weighted by Crippen LogP contribution is 2.30. The van der Waals surface area contributed by atoms with Crippen molar-refractivity contribution in [3.63, 3.8) is 0 Å². The molecule has 3 heterocycles. The van der Waals surface area contributed by atoms with Crippen molar-refractivity contribution in [2.45, 2.75) is 46.2 Å². The number of carbonyl (C=O) groups is 1. The fraction of sp³-hybridized carbons (Fsp3) is 0.421. The summed E-state index contributed by atoms with van der Waals surface area (Å²) in [6.45, 7) is 9.10. The second-order valence-corrected chi connectivity index (χ2v) is 7.37. The highest BCUT2D eigenvalue weighted by Gasteiger charge is 2.28. The van der Waals surface area contributed by atoms with Gasteiger partial charge in [-0.05, 0) is 13.0 Å². The lowest BCUT2D eigenvalue weighted by atomic mass is 9.95. The summed E-state index contributed by atoms with van der Waals surface area (Å²) in [6, 6.07) is 3.67. The van der Waals surface area contributed by atoms with Crippen molar-refractivity contribution in [3.05, 3.63) is 46.2 Å². The van der Waals surface area contributed by atoms with Gasteiger partial charge in [0.15, 0.2) is 0 Å². The Bertz CT molecular complexity index is 925. The minimum atomic E-state index is -0.497. The molecule has 0 saturated heterocycles. The summed E-state index contributed by atoms with van der Waals surface area (Å²) in [5, 5.41) is 9.52. The molecule has 26 heavy (non-hydrogen) atoms. The van der Waals surface area contributed by atoms with Crippen molar-refractivity contribution in [3.8, 4) is 6.07 Å². The third-order valence-electron chi connectivity index (χ3n) is 4.35. The first kappa shape index (κ1) is 17.8. The number of nitriles is 1. The predicted octanol–water partition coefficient (Wildman–Crippen LogP) is 2.66. The van der Waals surface area contributed by atoms with Gasteiger partial charge >= 0.3 is 5.97 Å². The Morgan fingerprint density at radius 3 is 2.65 bits per heavy atom. The smallest absolute Gasteiger partial charge is 0.339 e.